The highest BCUT2D eigenvalue weighted by molar-refractivity contribution is 6.30. The number of nitrogens with zero attached hydrogens (tertiary/aromatic N) is 2. The second-order valence-corrected chi connectivity index (χ2v) is 7.95. The van der Waals surface area contributed by atoms with Crippen LogP contribution in [-0.4, -0.2) is 61.9 Å². The molecule has 4 amide bonds. The van der Waals surface area contributed by atoms with Gasteiger partial charge in [0.05, 0.1) is 13.2 Å². The molecule has 2 aliphatic heterocycles. The van der Waals surface area contributed by atoms with Crippen molar-refractivity contribution in [3.63, 3.8) is 0 Å². The minimum absolute atomic E-state index is 0.00855. The zero-order valence-corrected chi connectivity index (χ0v) is 18.2. The fourth-order valence-electron chi connectivity index (χ4n) is 3.62. The summed E-state index contributed by atoms with van der Waals surface area (Å²) in [5, 5.41) is 6.13. The highest BCUT2D eigenvalue weighted by Gasteiger charge is 2.35. The minimum Gasteiger partial charge on any atom is -0.370 e. The van der Waals surface area contributed by atoms with E-state index in [0.29, 0.717) is 29.5 Å². The Labute approximate surface area is 190 Å². The fraction of sp³-hybridized carbons (Fsp3) is 0.318. The Morgan fingerprint density at radius 3 is 2.53 bits per heavy atom. The van der Waals surface area contributed by atoms with Crippen molar-refractivity contribution >= 4 is 46.5 Å². The van der Waals surface area contributed by atoms with Crippen LogP contribution in [0.1, 0.15) is 5.56 Å². The lowest BCUT2D eigenvalue weighted by Crippen LogP contribution is -2.46. The molecule has 0 saturated carbocycles. The Kier molecular flexibility index (Phi) is 6.59. The number of ether oxygens (including phenoxy) is 2. The first kappa shape index (κ1) is 22.1. The van der Waals surface area contributed by atoms with E-state index in [4.69, 9.17) is 21.1 Å². The summed E-state index contributed by atoms with van der Waals surface area (Å²) in [5.41, 5.74) is 2.76. The third kappa shape index (κ3) is 4.85. The fourth-order valence-corrected chi connectivity index (χ4v) is 3.75. The van der Waals surface area contributed by atoms with E-state index in [1.165, 1.54) is 4.90 Å². The van der Waals surface area contributed by atoms with Crippen molar-refractivity contribution in [3.05, 3.63) is 53.1 Å². The molecule has 9 nitrogen and oxygen atoms in total. The Morgan fingerprint density at radius 1 is 1.06 bits per heavy atom. The maximum atomic E-state index is 12.9. The van der Waals surface area contributed by atoms with Crippen molar-refractivity contribution in [2.45, 2.75) is 13.0 Å². The summed E-state index contributed by atoms with van der Waals surface area (Å²) in [6.07, 6.45) is 0. The molecule has 168 valence electrons. The average molecular weight is 459 g/mol. The molecule has 10 heteroatoms. The quantitative estimate of drug-likeness (QED) is 0.733. The summed E-state index contributed by atoms with van der Waals surface area (Å²) in [5.74, 6) is -0.454. The van der Waals surface area contributed by atoms with E-state index in [9.17, 15) is 14.4 Å². The highest BCUT2D eigenvalue weighted by atomic mass is 35.5. The normalized spacial score (nSPS) is 18.6. The first-order valence-corrected chi connectivity index (χ1v) is 10.5. The van der Waals surface area contributed by atoms with Gasteiger partial charge in [-0.1, -0.05) is 11.6 Å². The number of nitrogens with one attached hydrogen (secondary N) is 2. The van der Waals surface area contributed by atoms with E-state index in [2.05, 4.69) is 10.6 Å². The van der Waals surface area contributed by atoms with Crippen molar-refractivity contribution in [1.82, 2.24) is 4.90 Å². The molecule has 0 bridgehead atoms. The lowest BCUT2D eigenvalue weighted by molar-refractivity contribution is -0.125. The van der Waals surface area contributed by atoms with Gasteiger partial charge >= 0.3 is 6.03 Å². The highest BCUT2D eigenvalue weighted by Crippen LogP contribution is 2.25. The van der Waals surface area contributed by atoms with Crippen LogP contribution >= 0.6 is 11.6 Å². The Hall–Kier alpha value is -3.14. The van der Waals surface area contributed by atoms with Gasteiger partial charge in [-0.25, -0.2) is 4.79 Å². The number of carbonyl (C=O) groups is 3. The van der Waals surface area contributed by atoms with E-state index < -0.39 is 12.1 Å². The molecule has 0 aliphatic carbocycles. The van der Waals surface area contributed by atoms with Crippen LogP contribution in [0.25, 0.3) is 0 Å². The maximum Gasteiger partial charge on any atom is 0.324 e. The third-order valence-electron chi connectivity index (χ3n) is 5.28. The molecule has 2 aromatic carbocycles. The summed E-state index contributed by atoms with van der Waals surface area (Å²) in [4.78, 5) is 40.6. The largest absolute Gasteiger partial charge is 0.370 e. The van der Waals surface area contributed by atoms with Crippen molar-refractivity contribution < 1.29 is 23.9 Å². The summed E-state index contributed by atoms with van der Waals surface area (Å²) < 4.78 is 10.5. The number of amides is 4. The second kappa shape index (κ2) is 9.56. The van der Waals surface area contributed by atoms with Gasteiger partial charge in [-0.3, -0.25) is 14.5 Å². The first-order chi connectivity index (χ1) is 15.4. The molecular weight excluding hydrogens is 436 g/mol. The number of anilines is 3. The van der Waals surface area contributed by atoms with Crippen molar-refractivity contribution in [3.8, 4) is 0 Å². The molecule has 0 spiro atoms. The zero-order chi connectivity index (χ0) is 22.7. The van der Waals surface area contributed by atoms with Gasteiger partial charge in [-0.15, -0.1) is 0 Å². The van der Waals surface area contributed by atoms with Gasteiger partial charge in [-0.2, -0.15) is 0 Å². The number of carbonyl (C=O) groups excluding carboxylic acids is 3. The topological polar surface area (TPSA) is 100 Å². The number of aryl methyl sites for hydroxylation is 1. The van der Waals surface area contributed by atoms with E-state index >= 15 is 0 Å². The summed E-state index contributed by atoms with van der Waals surface area (Å²) in [6, 6.07) is 10.8. The molecule has 0 unspecified atom stereocenters. The molecule has 2 heterocycles. The summed E-state index contributed by atoms with van der Waals surface area (Å²) >= 11 is 5.87. The summed E-state index contributed by atoms with van der Waals surface area (Å²) in [7, 11) is 0. The van der Waals surface area contributed by atoms with E-state index in [-0.39, 0.29) is 31.8 Å². The Bertz CT molecular complexity index is 1030. The average Bonchev–Trinajstić information content (AvgIpc) is 3.27. The van der Waals surface area contributed by atoms with Gasteiger partial charge in [0.25, 0.3) is 5.91 Å². The maximum absolute atomic E-state index is 12.9. The van der Waals surface area contributed by atoms with Gasteiger partial charge in [0.1, 0.15) is 19.4 Å². The van der Waals surface area contributed by atoms with Gasteiger partial charge in [0, 0.05) is 28.6 Å². The van der Waals surface area contributed by atoms with Crippen LogP contribution in [0.5, 0.6) is 0 Å². The standard InChI is InChI=1S/C22H23ClN4O5/c1-14-10-17(6-7-18(14)26-8-9-31-12-20(26)28)24-21(29)19-11-32-13-27(19)22(30)25-16-4-2-15(23)3-5-16/h2-7,10,19H,8-9,11-13H2,1H3,(H,24,29)(H,25,30)/t19-/m1/s1. The van der Waals surface area contributed by atoms with Gasteiger partial charge < -0.3 is 25.0 Å². The van der Waals surface area contributed by atoms with E-state index in [0.717, 1.165) is 11.3 Å². The molecule has 2 N–H and O–H groups in total. The molecule has 1 atom stereocenters. The predicted octanol–water partition coefficient (Wildman–Crippen LogP) is 2.84. The number of benzene rings is 2. The van der Waals surface area contributed by atoms with E-state index in [1.54, 1.807) is 47.4 Å². The van der Waals surface area contributed by atoms with Crippen molar-refractivity contribution in [1.29, 1.82) is 0 Å². The number of hydrogen-bond acceptors (Lipinski definition) is 5. The number of morpholine rings is 1. The van der Waals surface area contributed by atoms with Crippen LogP contribution in [0.15, 0.2) is 42.5 Å². The SMILES string of the molecule is Cc1cc(NC(=O)[C@H]2COCN2C(=O)Nc2ccc(Cl)cc2)ccc1N1CCOCC1=O. The smallest absolute Gasteiger partial charge is 0.324 e. The van der Waals surface area contributed by atoms with Crippen LogP contribution < -0.4 is 15.5 Å². The molecule has 0 aromatic heterocycles. The van der Waals surface area contributed by atoms with Crippen molar-refractivity contribution in [2.24, 2.45) is 0 Å². The molecule has 4 rings (SSSR count). The van der Waals surface area contributed by atoms with Gasteiger partial charge in [0.15, 0.2) is 0 Å². The van der Waals surface area contributed by atoms with Crippen LogP contribution in [0.2, 0.25) is 5.02 Å². The molecule has 2 aromatic rings. The number of urea groups is 1. The lowest BCUT2D eigenvalue weighted by Gasteiger charge is -2.28. The number of rotatable bonds is 4. The summed E-state index contributed by atoms with van der Waals surface area (Å²) in [6.45, 7) is 3.02. The molecule has 2 fully saturated rings. The first-order valence-electron chi connectivity index (χ1n) is 10.1. The van der Waals surface area contributed by atoms with Crippen molar-refractivity contribution in [2.75, 3.05) is 48.6 Å². The molecule has 2 saturated heterocycles. The number of halogens is 1. The minimum atomic E-state index is -0.775. The Balaban J connectivity index is 1.41. The Morgan fingerprint density at radius 2 is 1.81 bits per heavy atom. The van der Waals surface area contributed by atoms with E-state index in [1.807, 2.05) is 6.92 Å². The number of hydrogen-bond donors (Lipinski definition) is 2. The predicted molar refractivity (Wildman–Crippen MR) is 120 cm³/mol. The van der Waals surface area contributed by atoms with Crippen LogP contribution in [-0.2, 0) is 19.1 Å². The lowest BCUT2D eigenvalue weighted by atomic mass is 10.1. The monoisotopic (exact) mass is 458 g/mol. The molecule has 32 heavy (non-hydrogen) atoms. The zero-order valence-electron chi connectivity index (χ0n) is 17.5. The molecule has 2 aliphatic rings. The molecular formula is C22H23ClN4O5. The van der Waals surface area contributed by atoms with Crippen LogP contribution in [0.4, 0.5) is 21.9 Å². The van der Waals surface area contributed by atoms with Crippen LogP contribution in [0.3, 0.4) is 0 Å². The van der Waals surface area contributed by atoms with Crippen LogP contribution in [0, 0.1) is 6.92 Å². The third-order valence-corrected chi connectivity index (χ3v) is 5.53. The second-order valence-electron chi connectivity index (χ2n) is 7.51. The van der Waals surface area contributed by atoms with Gasteiger partial charge in [0.2, 0.25) is 5.91 Å². The van der Waals surface area contributed by atoms with Gasteiger partial charge in [-0.05, 0) is 55.0 Å². The molecule has 0 radical (unpaired) electrons.